The lowest BCUT2D eigenvalue weighted by Gasteiger charge is -2.24. The zero-order valence-corrected chi connectivity index (χ0v) is 19.4. The lowest BCUT2D eigenvalue weighted by molar-refractivity contribution is -0.135. The summed E-state index contributed by atoms with van der Waals surface area (Å²) in [6.07, 6.45) is 17.2. The molecule has 1 fully saturated rings. The van der Waals surface area contributed by atoms with E-state index < -0.39 is 5.41 Å². The summed E-state index contributed by atoms with van der Waals surface area (Å²) < 4.78 is 11.1. The molecule has 0 bridgehead atoms. The van der Waals surface area contributed by atoms with Gasteiger partial charge in [-0.15, -0.1) is 0 Å². The number of hydrogen-bond donors (Lipinski definition) is 1. The largest absolute Gasteiger partial charge is 0.461 e. The van der Waals surface area contributed by atoms with Crippen molar-refractivity contribution in [3.05, 3.63) is 47.5 Å². The van der Waals surface area contributed by atoms with Gasteiger partial charge in [0.25, 0.3) is 0 Å². The molecular formula is C27H42O4. The Morgan fingerprint density at radius 2 is 1.58 bits per heavy atom. The van der Waals surface area contributed by atoms with Gasteiger partial charge in [-0.25, -0.2) is 4.79 Å². The van der Waals surface area contributed by atoms with E-state index in [4.69, 9.17) is 9.47 Å². The molecule has 1 aliphatic heterocycles. The fourth-order valence-corrected chi connectivity index (χ4v) is 4.16. The number of benzene rings is 1. The van der Waals surface area contributed by atoms with Crippen LogP contribution in [0.5, 0.6) is 0 Å². The summed E-state index contributed by atoms with van der Waals surface area (Å²) in [5, 5.41) is 10.0. The Morgan fingerprint density at radius 1 is 0.968 bits per heavy atom. The number of unbranched alkanes of at least 4 members (excludes halogenated alkanes) is 11. The maximum atomic E-state index is 12.3. The second kappa shape index (κ2) is 15.2. The first kappa shape index (κ1) is 25.6. The number of aliphatic hydroxyl groups is 1. The minimum atomic E-state index is -0.733. The van der Waals surface area contributed by atoms with Gasteiger partial charge in [-0.2, -0.15) is 0 Å². The molecule has 1 saturated heterocycles. The third-order valence-electron chi connectivity index (χ3n) is 6.22. The highest BCUT2D eigenvalue weighted by Crippen LogP contribution is 2.36. The van der Waals surface area contributed by atoms with Crippen molar-refractivity contribution in [2.75, 3.05) is 19.8 Å². The third-order valence-corrected chi connectivity index (χ3v) is 6.22. The van der Waals surface area contributed by atoms with Crippen LogP contribution in [-0.4, -0.2) is 30.9 Å². The Labute approximate surface area is 189 Å². The summed E-state index contributed by atoms with van der Waals surface area (Å²) in [7, 11) is 0. The van der Waals surface area contributed by atoms with Crippen LogP contribution in [0.2, 0.25) is 0 Å². The van der Waals surface area contributed by atoms with Crippen LogP contribution in [0.1, 0.15) is 89.5 Å². The minimum Gasteiger partial charge on any atom is -0.461 e. The van der Waals surface area contributed by atoms with Gasteiger partial charge in [-0.1, -0.05) is 108 Å². The van der Waals surface area contributed by atoms with Crippen molar-refractivity contribution >= 4 is 5.97 Å². The first-order chi connectivity index (χ1) is 15.2. The van der Waals surface area contributed by atoms with Gasteiger partial charge < -0.3 is 14.6 Å². The molecule has 1 atom stereocenters. The molecule has 1 unspecified atom stereocenters. The Balaban J connectivity index is 1.66. The number of rotatable bonds is 17. The van der Waals surface area contributed by atoms with Gasteiger partial charge >= 0.3 is 5.97 Å². The molecule has 0 aliphatic carbocycles. The van der Waals surface area contributed by atoms with Crippen molar-refractivity contribution in [1.82, 2.24) is 0 Å². The molecule has 1 heterocycles. The quantitative estimate of drug-likeness (QED) is 0.177. The van der Waals surface area contributed by atoms with Gasteiger partial charge in [0.1, 0.15) is 6.61 Å². The average Bonchev–Trinajstić information content (AvgIpc) is 3.11. The zero-order valence-electron chi connectivity index (χ0n) is 19.4. The van der Waals surface area contributed by atoms with Crippen LogP contribution in [0.3, 0.4) is 0 Å². The predicted molar refractivity (Wildman–Crippen MR) is 126 cm³/mol. The molecule has 31 heavy (non-hydrogen) atoms. The molecule has 0 saturated carbocycles. The van der Waals surface area contributed by atoms with Crippen LogP contribution >= 0.6 is 0 Å². The van der Waals surface area contributed by atoms with Gasteiger partial charge in [-0.05, 0) is 18.4 Å². The number of carbonyl (C=O) groups excluding carboxylic acids is 1. The van der Waals surface area contributed by atoms with E-state index in [0.29, 0.717) is 12.2 Å². The van der Waals surface area contributed by atoms with Crippen molar-refractivity contribution in [2.45, 2.75) is 90.6 Å². The highest BCUT2D eigenvalue weighted by Gasteiger charge is 2.45. The maximum Gasteiger partial charge on any atom is 0.334 e. The second-order valence-electron chi connectivity index (χ2n) is 8.93. The summed E-state index contributed by atoms with van der Waals surface area (Å²) in [5.41, 5.74) is 0.936. The normalized spacial score (nSPS) is 19.8. The van der Waals surface area contributed by atoms with Crippen molar-refractivity contribution in [3.8, 4) is 0 Å². The fraction of sp³-hybridized carbons (Fsp3) is 0.667. The summed E-state index contributed by atoms with van der Waals surface area (Å²) in [6.45, 7) is 3.06. The molecule has 2 rings (SSSR count). The standard InChI is InChI=1S/C27H42O4/c1-2-3-4-5-6-7-8-9-10-11-12-16-19-25-26(29)31-23-27(25,21-28)22-30-20-24-17-14-13-15-18-24/h13-15,17-19,28H,2-12,16,20-23H2,1H3/b25-19+. The number of ether oxygens (including phenoxy) is 2. The van der Waals surface area contributed by atoms with E-state index in [1.807, 2.05) is 36.4 Å². The van der Waals surface area contributed by atoms with Crippen LogP contribution in [0.4, 0.5) is 0 Å². The first-order valence-electron chi connectivity index (χ1n) is 12.3. The van der Waals surface area contributed by atoms with E-state index in [0.717, 1.165) is 18.4 Å². The molecule has 4 heteroatoms. The van der Waals surface area contributed by atoms with E-state index in [2.05, 4.69) is 6.92 Å². The molecular weight excluding hydrogens is 388 g/mol. The van der Waals surface area contributed by atoms with Gasteiger partial charge in [0.15, 0.2) is 0 Å². The molecule has 0 radical (unpaired) electrons. The molecule has 1 aromatic carbocycles. The van der Waals surface area contributed by atoms with Crippen molar-refractivity contribution in [1.29, 1.82) is 0 Å². The van der Waals surface area contributed by atoms with Crippen LogP contribution in [0, 0.1) is 5.41 Å². The van der Waals surface area contributed by atoms with Crippen LogP contribution in [0.25, 0.3) is 0 Å². The van der Waals surface area contributed by atoms with Crippen molar-refractivity contribution < 1.29 is 19.4 Å². The minimum absolute atomic E-state index is 0.141. The van der Waals surface area contributed by atoms with E-state index in [1.54, 1.807) is 0 Å². The highest BCUT2D eigenvalue weighted by molar-refractivity contribution is 5.92. The van der Waals surface area contributed by atoms with E-state index in [1.165, 1.54) is 64.2 Å². The topological polar surface area (TPSA) is 55.8 Å². The Kier molecular flexibility index (Phi) is 12.6. The van der Waals surface area contributed by atoms with Gasteiger partial charge in [-0.3, -0.25) is 0 Å². The van der Waals surface area contributed by atoms with Gasteiger partial charge in [0, 0.05) is 5.57 Å². The lowest BCUT2D eigenvalue weighted by atomic mass is 9.83. The van der Waals surface area contributed by atoms with E-state index in [-0.39, 0.29) is 25.8 Å². The smallest absolute Gasteiger partial charge is 0.334 e. The molecule has 4 nitrogen and oxygen atoms in total. The number of cyclic esters (lactones) is 1. The molecule has 0 aromatic heterocycles. The summed E-state index contributed by atoms with van der Waals surface area (Å²) in [4.78, 5) is 12.3. The van der Waals surface area contributed by atoms with Gasteiger partial charge in [0.2, 0.25) is 0 Å². The van der Waals surface area contributed by atoms with E-state index in [9.17, 15) is 9.90 Å². The SMILES string of the molecule is CCCCCCCCCCCCC/C=C1\C(=O)OCC1(CO)COCc1ccccc1. The number of hydrogen-bond acceptors (Lipinski definition) is 4. The number of allylic oxidation sites excluding steroid dienone is 1. The van der Waals surface area contributed by atoms with Gasteiger partial charge in [0.05, 0.1) is 25.2 Å². The van der Waals surface area contributed by atoms with Crippen LogP contribution < -0.4 is 0 Å². The van der Waals surface area contributed by atoms with Crippen molar-refractivity contribution in [2.24, 2.45) is 5.41 Å². The first-order valence-corrected chi connectivity index (χ1v) is 12.3. The third kappa shape index (κ3) is 9.16. The molecule has 1 N–H and O–H groups in total. The molecule has 1 aliphatic rings. The number of aliphatic hydroxyl groups excluding tert-OH is 1. The predicted octanol–water partition coefficient (Wildman–Crippen LogP) is 6.37. The fourth-order valence-electron chi connectivity index (χ4n) is 4.16. The molecule has 1 aromatic rings. The molecule has 0 spiro atoms. The highest BCUT2D eigenvalue weighted by atomic mass is 16.5. The summed E-state index contributed by atoms with van der Waals surface area (Å²) in [6, 6.07) is 9.93. The lowest BCUT2D eigenvalue weighted by Crippen LogP contribution is -2.33. The molecule has 0 amide bonds. The summed E-state index contributed by atoms with van der Waals surface area (Å²) in [5.74, 6) is -0.305. The Bertz CT molecular complexity index is 640. The Morgan fingerprint density at radius 3 is 2.19 bits per heavy atom. The zero-order chi connectivity index (χ0) is 22.2. The summed E-state index contributed by atoms with van der Waals surface area (Å²) >= 11 is 0. The second-order valence-corrected chi connectivity index (χ2v) is 8.93. The number of esters is 1. The maximum absolute atomic E-state index is 12.3. The van der Waals surface area contributed by atoms with Crippen LogP contribution in [-0.2, 0) is 20.9 Å². The monoisotopic (exact) mass is 430 g/mol. The van der Waals surface area contributed by atoms with E-state index >= 15 is 0 Å². The number of carbonyl (C=O) groups is 1. The average molecular weight is 431 g/mol. The van der Waals surface area contributed by atoms with Crippen LogP contribution in [0.15, 0.2) is 42.0 Å². The van der Waals surface area contributed by atoms with Crippen molar-refractivity contribution in [3.63, 3.8) is 0 Å². The molecule has 174 valence electrons. The Hall–Kier alpha value is -1.65.